The lowest BCUT2D eigenvalue weighted by Gasteiger charge is -2.04. The van der Waals surface area contributed by atoms with Crippen LogP contribution in [-0.4, -0.2) is 36.4 Å². The first-order chi connectivity index (χ1) is 10.0. The van der Waals surface area contributed by atoms with Gasteiger partial charge in [-0.1, -0.05) is 47.0 Å². The average Bonchev–Trinajstić information content (AvgIpc) is 2.95. The van der Waals surface area contributed by atoms with Crippen LogP contribution in [0, 0.1) is 0 Å². The number of thioether (sulfide) groups is 2. The summed E-state index contributed by atoms with van der Waals surface area (Å²) in [6.07, 6.45) is 1.93. The summed E-state index contributed by atoms with van der Waals surface area (Å²) in [5.41, 5.74) is 6.42. The number of rotatable bonds is 7. The van der Waals surface area contributed by atoms with Crippen molar-refractivity contribution in [1.82, 2.24) is 10.2 Å². The van der Waals surface area contributed by atoms with Crippen molar-refractivity contribution in [3.8, 4) is 0 Å². The summed E-state index contributed by atoms with van der Waals surface area (Å²) >= 11 is 4.43. The van der Waals surface area contributed by atoms with Crippen LogP contribution in [0.25, 0.3) is 0 Å². The van der Waals surface area contributed by atoms with E-state index in [-0.39, 0.29) is 5.75 Å². The molecule has 1 aromatic heterocycles. The van der Waals surface area contributed by atoms with Gasteiger partial charge in [0.15, 0.2) is 18.5 Å². The molecule has 114 valence electrons. The van der Waals surface area contributed by atoms with Crippen LogP contribution in [0.3, 0.4) is 0 Å². The molecule has 0 radical (unpaired) electrons. The van der Waals surface area contributed by atoms with Crippen LogP contribution in [0.15, 0.2) is 37.8 Å². The Morgan fingerprint density at radius 1 is 1.19 bits per heavy atom. The van der Waals surface area contributed by atoms with Crippen molar-refractivity contribution in [1.29, 1.82) is 0 Å². The van der Waals surface area contributed by atoms with Gasteiger partial charge >= 0.3 is 0 Å². The van der Waals surface area contributed by atoms with Crippen LogP contribution in [0.5, 0.6) is 0 Å². The van der Waals surface area contributed by atoms with Crippen molar-refractivity contribution in [2.24, 2.45) is 5.73 Å². The number of nitrogens with zero attached hydrogens (tertiary/aromatic N) is 2. The Morgan fingerprint density at radius 3 is 2.43 bits per heavy atom. The molecule has 0 saturated heterocycles. The molecule has 2 N–H and O–H groups in total. The molecule has 0 aliphatic carbocycles. The van der Waals surface area contributed by atoms with Gasteiger partial charge in [-0.25, -0.2) is 8.42 Å². The van der Waals surface area contributed by atoms with E-state index in [1.54, 1.807) is 24.3 Å². The summed E-state index contributed by atoms with van der Waals surface area (Å²) in [4.78, 5) is 0.336. The van der Waals surface area contributed by atoms with E-state index in [1.165, 1.54) is 34.9 Å². The van der Waals surface area contributed by atoms with E-state index >= 15 is 0 Å². The molecule has 0 spiro atoms. The normalized spacial score (nSPS) is 11.7. The fourth-order valence-corrected chi connectivity index (χ4v) is 5.68. The van der Waals surface area contributed by atoms with Gasteiger partial charge in [0, 0.05) is 12.3 Å². The standard InChI is InChI=1S/C12H15N3O2S4/c1-18-11-14-15-12(20-11)19-6-7-21(16,17)10-4-2-9(8-13)3-5-10/h2-5H,6-8,13H2,1H3. The van der Waals surface area contributed by atoms with E-state index in [0.29, 0.717) is 17.2 Å². The summed E-state index contributed by atoms with van der Waals surface area (Å²) in [7, 11) is -3.26. The molecule has 1 heterocycles. The lowest BCUT2D eigenvalue weighted by Crippen LogP contribution is -2.09. The number of sulfone groups is 1. The topological polar surface area (TPSA) is 85.9 Å². The van der Waals surface area contributed by atoms with Crippen molar-refractivity contribution >= 4 is 44.7 Å². The van der Waals surface area contributed by atoms with Gasteiger partial charge in [-0.3, -0.25) is 0 Å². The third kappa shape index (κ3) is 4.68. The molecule has 0 saturated carbocycles. The zero-order valence-electron chi connectivity index (χ0n) is 11.4. The number of aromatic nitrogens is 2. The Kier molecular flexibility index (Phi) is 6.06. The molecular weight excluding hydrogens is 346 g/mol. The van der Waals surface area contributed by atoms with Gasteiger partial charge in [-0.05, 0) is 24.0 Å². The van der Waals surface area contributed by atoms with E-state index < -0.39 is 9.84 Å². The summed E-state index contributed by atoms with van der Waals surface area (Å²) in [6.45, 7) is 0.408. The summed E-state index contributed by atoms with van der Waals surface area (Å²) < 4.78 is 26.1. The van der Waals surface area contributed by atoms with Gasteiger partial charge in [0.1, 0.15) is 0 Å². The fourth-order valence-electron chi connectivity index (χ4n) is 1.53. The molecule has 0 unspecified atom stereocenters. The quantitative estimate of drug-likeness (QED) is 0.757. The van der Waals surface area contributed by atoms with E-state index in [4.69, 9.17) is 5.73 Å². The zero-order chi connectivity index (χ0) is 15.3. The molecule has 0 aliphatic heterocycles. The maximum Gasteiger partial charge on any atom is 0.179 e. The van der Waals surface area contributed by atoms with Crippen LogP contribution in [-0.2, 0) is 16.4 Å². The second kappa shape index (κ2) is 7.59. The predicted molar refractivity (Wildman–Crippen MR) is 88.8 cm³/mol. The molecule has 5 nitrogen and oxygen atoms in total. The first-order valence-electron chi connectivity index (χ1n) is 6.07. The highest BCUT2D eigenvalue weighted by Gasteiger charge is 2.15. The van der Waals surface area contributed by atoms with E-state index in [1.807, 2.05) is 6.26 Å². The van der Waals surface area contributed by atoms with Crippen LogP contribution in [0.2, 0.25) is 0 Å². The molecule has 0 bridgehead atoms. The Morgan fingerprint density at radius 2 is 1.86 bits per heavy atom. The van der Waals surface area contributed by atoms with Crippen molar-refractivity contribution in [2.45, 2.75) is 20.1 Å². The van der Waals surface area contributed by atoms with Gasteiger partial charge in [-0.15, -0.1) is 10.2 Å². The molecule has 0 aliphatic rings. The Hall–Kier alpha value is -0.610. The van der Waals surface area contributed by atoms with Crippen molar-refractivity contribution in [3.63, 3.8) is 0 Å². The first-order valence-corrected chi connectivity index (χ1v) is 10.7. The second-order valence-corrected chi connectivity index (χ2v) is 9.54. The van der Waals surface area contributed by atoms with Crippen LogP contribution in [0.1, 0.15) is 5.56 Å². The molecule has 0 amide bonds. The SMILES string of the molecule is CSc1nnc(SCCS(=O)(=O)c2ccc(CN)cc2)s1. The molecule has 0 fully saturated rings. The molecule has 21 heavy (non-hydrogen) atoms. The summed E-state index contributed by atoms with van der Waals surface area (Å²) in [6, 6.07) is 6.71. The molecule has 1 aromatic carbocycles. The molecular formula is C12H15N3O2S4. The largest absolute Gasteiger partial charge is 0.326 e. The molecule has 9 heteroatoms. The summed E-state index contributed by atoms with van der Waals surface area (Å²) in [5, 5.41) is 7.98. The van der Waals surface area contributed by atoms with E-state index in [9.17, 15) is 8.42 Å². The Balaban J connectivity index is 1.94. The van der Waals surface area contributed by atoms with Crippen LogP contribution >= 0.6 is 34.9 Å². The lowest BCUT2D eigenvalue weighted by atomic mass is 10.2. The molecule has 0 atom stereocenters. The third-order valence-corrected chi connectivity index (χ3v) is 7.68. The van der Waals surface area contributed by atoms with E-state index in [2.05, 4.69) is 10.2 Å². The lowest BCUT2D eigenvalue weighted by molar-refractivity contribution is 0.597. The highest BCUT2D eigenvalue weighted by Crippen LogP contribution is 2.27. The maximum absolute atomic E-state index is 12.2. The number of nitrogens with two attached hydrogens (primary N) is 1. The predicted octanol–water partition coefficient (Wildman–Crippen LogP) is 2.28. The van der Waals surface area contributed by atoms with Gasteiger partial charge < -0.3 is 5.73 Å². The van der Waals surface area contributed by atoms with Crippen LogP contribution < -0.4 is 5.73 Å². The van der Waals surface area contributed by atoms with Crippen LogP contribution in [0.4, 0.5) is 0 Å². The minimum atomic E-state index is -3.26. The Bertz CT molecular complexity index is 683. The molecule has 2 aromatic rings. The van der Waals surface area contributed by atoms with Gasteiger partial charge in [-0.2, -0.15) is 0 Å². The van der Waals surface area contributed by atoms with Gasteiger partial charge in [0.2, 0.25) is 0 Å². The van der Waals surface area contributed by atoms with Crippen molar-refractivity contribution in [2.75, 3.05) is 17.8 Å². The zero-order valence-corrected chi connectivity index (χ0v) is 14.6. The average molecular weight is 362 g/mol. The van der Waals surface area contributed by atoms with Crippen molar-refractivity contribution < 1.29 is 8.42 Å². The van der Waals surface area contributed by atoms with Crippen molar-refractivity contribution in [3.05, 3.63) is 29.8 Å². The smallest absolute Gasteiger partial charge is 0.179 e. The van der Waals surface area contributed by atoms with E-state index in [0.717, 1.165) is 14.2 Å². The first kappa shape index (κ1) is 16.8. The highest BCUT2D eigenvalue weighted by molar-refractivity contribution is 8.03. The van der Waals surface area contributed by atoms with Gasteiger partial charge in [0.25, 0.3) is 0 Å². The minimum absolute atomic E-state index is 0.0772. The fraction of sp³-hybridized carbons (Fsp3) is 0.333. The molecule has 2 rings (SSSR count). The monoisotopic (exact) mass is 361 g/mol. The summed E-state index contributed by atoms with van der Waals surface area (Å²) in [5.74, 6) is 0.539. The number of hydrogen-bond acceptors (Lipinski definition) is 8. The number of hydrogen-bond donors (Lipinski definition) is 1. The van der Waals surface area contributed by atoms with Gasteiger partial charge in [0.05, 0.1) is 10.6 Å². The third-order valence-electron chi connectivity index (χ3n) is 2.66. The highest BCUT2D eigenvalue weighted by atomic mass is 32.2. The second-order valence-electron chi connectivity index (χ2n) is 4.05. The minimum Gasteiger partial charge on any atom is -0.326 e. The Labute approximate surface area is 136 Å². The number of benzene rings is 1. The maximum atomic E-state index is 12.2.